The molecule has 7 heteroatoms. The van der Waals surface area contributed by atoms with Gasteiger partial charge in [0.15, 0.2) is 6.35 Å². The number of nitrogens with one attached hydrogen (secondary N) is 1. The number of aliphatic hydroxyl groups is 1. The third kappa shape index (κ3) is 5.93. The molecule has 1 atom stereocenters. The van der Waals surface area contributed by atoms with Gasteiger partial charge >= 0.3 is 0 Å². The summed E-state index contributed by atoms with van der Waals surface area (Å²) >= 11 is 0. The van der Waals surface area contributed by atoms with Crippen molar-refractivity contribution in [1.29, 1.82) is 0 Å². The van der Waals surface area contributed by atoms with E-state index in [1.54, 1.807) is 6.07 Å². The monoisotopic (exact) mass is 480 g/mol. The second-order valence-corrected chi connectivity index (χ2v) is 9.00. The molecule has 6 nitrogen and oxygen atoms in total. The molecule has 2 N–H and O–H groups in total. The van der Waals surface area contributed by atoms with Gasteiger partial charge < -0.3 is 24.6 Å². The Morgan fingerprint density at radius 2 is 1.83 bits per heavy atom. The molecule has 186 valence electrons. The van der Waals surface area contributed by atoms with Crippen molar-refractivity contribution in [2.45, 2.75) is 45.9 Å². The summed E-state index contributed by atoms with van der Waals surface area (Å²) in [5, 5.41) is 14.4. The number of anilines is 1. The van der Waals surface area contributed by atoms with E-state index in [9.17, 15) is 9.50 Å². The first-order valence-electron chi connectivity index (χ1n) is 11.9. The molecule has 0 aliphatic carbocycles. The summed E-state index contributed by atoms with van der Waals surface area (Å²) < 4.78 is 31.0. The van der Waals surface area contributed by atoms with Gasteiger partial charge in [0.25, 0.3) is 0 Å². The Labute approximate surface area is 206 Å². The van der Waals surface area contributed by atoms with Crippen molar-refractivity contribution in [1.82, 2.24) is 4.90 Å². The van der Waals surface area contributed by atoms with Crippen LogP contribution < -0.4 is 14.8 Å². The third-order valence-electron chi connectivity index (χ3n) is 6.20. The maximum atomic E-state index is 13.4. The zero-order valence-electron chi connectivity index (χ0n) is 20.5. The minimum Gasteiger partial charge on any atom is -0.492 e. The van der Waals surface area contributed by atoms with Crippen LogP contribution in [-0.4, -0.2) is 36.1 Å². The van der Waals surface area contributed by atoms with Crippen LogP contribution in [-0.2, 0) is 23.5 Å². The first kappa shape index (κ1) is 25.0. The molecule has 0 radical (unpaired) electrons. The normalized spacial score (nSPS) is 16.0. The minimum atomic E-state index is -0.964. The molecule has 3 aromatic rings. The van der Waals surface area contributed by atoms with Crippen molar-refractivity contribution in [3.63, 3.8) is 0 Å². The summed E-state index contributed by atoms with van der Waals surface area (Å²) in [6.07, 6.45) is -0.964. The van der Waals surface area contributed by atoms with E-state index in [4.69, 9.17) is 14.2 Å². The predicted octanol–water partition coefficient (Wildman–Crippen LogP) is 5.26. The van der Waals surface area contributed by atoms with Crippen LogP contribution in [0.15, 0.2) is 66.7 Å². The largest absolute Gasteiger partial charge is 0.492 e. The summed E-state index contributed by atoms with van der Waals surface area (Å²) in [6, 6.07) is 20.0. The van der Waals surface area contributed by atoms with Gasteiger partial charge in [-0.2, -0.15) is 0 Å². The van der Waals surface area contributed by atoms with Gasteiger partial charge in [-0.3, -0.25) is 0 Å². The van der Waals surface area contributed by atoms with E-state index in [0.717, 1.165) is 28.1 Å². The highest BCUT2D eigenvalue weighted by atomic mass is 19.1. The lowest BCUT2D eigenvalue weighted by atomic mass is 9.90. The van der Waals surface area contributed by atoms with E-state index < -0.39 is 11.9 Å². The lowest BCUT2D eigenvalue weighted by molar-refractivity contribution is -0.0420. The van der Waals surface area contributed by atoms with Crippen molar-refractivity contribution in [3.05, 3.63) is 89.2 Å². The van der Waals surface area contributed by atoms with Crippen LogP contribution in [0.4, 0.5) is 10.1 Å². The minimum absolute atomic E-state index is 0.272. The number of nitrogens with zero attached hydrogens (tertiary/aromatic N) is 1. The van der Waals surface area contributed by atoms with Crippen molar-refractivity contribution in [2.75, 3.05) is 25.1 Å². The van der Waals surface area contributed by atoms with Crippen LogP contribution in [0.25, 0.3) is 0 Å². The molecule has 3 aromatic carbocycles. The first-order chi connectivity index (χ1) is 16.9. The molecule has 0 amide bonds. The molecule has 1 aliphatic rings. The molecule has 0 saturated carbocycles. The molecule has 0 fully saturated rings. The zero-order valence-corrected chi connectivity index (χ0v) is 20.5. The van der Waals surface area contributed by atoms with Gasteiger partial charge in [0.2, 0.25) is 0 Å². The second-order valence-electron chi connectivity index (χ2n) is 9.00. The van der Waals surface area contributed by atoms with Gasteiger partial charge in [-0.05, 0) is 68.3 Å². The number of fused-ring (bicyclic) bond motifs is 1. The van der Waals surface area contributed by atoms with Crippen LogP contribution in [0.5, 0.6) is 11.5 Å². The molecule has 4 rings (SSSR count). The number of aliphatic hydroxyl groups excluding tert-OH is 1. The van der Waals surface area contributed by atoms with Gasteiger partial charge in [-0.25, -0.2) is 9.29 Å². The Kier molecular flexibility index (Phi) is 7.90. The van der Waals surface area contributed by atoms with E-state index >= 15 is 0 Å². The average Bonchev–Trinajstić information content (AvgIpc) is 2.96. The number of para-hydroxylation sites is 2. The Hall–Kier alpha value is -3.13. The maximum Gasteiger partial charge on any atom is 0.185 e. The van der Waals surface area contributed by atoms with Crippen LogP contribution in [0, 0.1) is 5.82 Å². The lowest BCUT2D eigenvalue weighted by Crippen LogP contribution is -2.51. The smallest absolute Gasteiger partial charge is 0.185 e. The molecule has 0 saturated heterocycles. The van der Waals surface area contributed by atoms with Gasteiger partial charge in [0.05, 0.1) is 25.5 Å². The summed E-state index contributed by atoms with van der Waals surface area (Å²) in [6.45, 7) is 8.27. The fourth-order valence-electron chi connectivity index (χ4n) is 4.38. The van der Waals surface area contributed by atoms with Gasteiger partial charge in [0.1, 0.15) is 23.9 Å². The van der Waals surface area contributed by atoms with Crippen LogP contribution >= 0.6 is 0 Å². The summed E-state index contributed by atoms with van der Waals surface area (Å²) in [5.41, 5.74) is 2.90. The Bertz CT molecular complexity index is 1140. The number of benzene rings is 3. The second kappa shape index (κ2) is 11.1. The number of ether oxygens (including phenoxy) is 3. The highest BCUT2D eigenvalue weighted by molar-refractivity contribution is 5.56. The molecular formula is C28H33FN2O4. The standard InChI is InChI=1S/C28H33FN2O4/c1-4-34-26-11-6-5-10-24(26)30-27(32)31-14-15-35-25-13-12-21(17-23(25)28(31,2)3)19-33-18-20-8-7-9-22(29)16-20/h5-13,16-17,27,30,32H,4,14-15,18-19H2,1-3H3. The molecule has 1 unspecified atom stereocenters. The molecule has 1 heterocycles. The highest BCUT2D eigenvalue weighted by Gasteiger charge is 2.38. The van der Waals surface area contributed by atoms with E-state index in [-0.39, 0.29) is 5.82 Å². The number of hydrogen-bond donors (Lipinski definition) is 2. The summed E-state index contributed by atoms with van der Waals surface area (Å²) in [5.74, 6) is 1.20. The fraction of sp³-hybridized carbons (Fsp3) is 0.357. The maximum absolute atomic E-state index is 13.4. The number of halogens is 1. The van der Waals surface area contributed by atoms with E-state index in [2.05, 4.69) is 25.2 Å². The third-order valence-corrected chi connectivity index (χ3v) is 6.20. The zero-order chi connectivity index (χ0) is 24.8. The molecule has 0 aromatic heterocycles. The van der Waals surface area contributed by atoms with Crippen molar-refractivity contribution in [2.24, 2.45) is 0 Å². The highest BCUT2D eigenvalue weighted by Crippen LogP contribution is 2.39. The van der Waals surface area contributed by atoms with Crippen LogP contribution in [0.1, 0.15) is 37.5 Å². The summed E-state index contributed by atoms with van der Waals surface area (Å²) in [4.78, 5) is 1.97. The first-order valence-corrected chi connectivity index (χ1v) is 11.9. The topological polar surface area (TPSA) is 63.2 Å². The summed E-state index contributed by atoms with van der Waals surface area (Å²) in [7, 11) is 0. The van der Waals surface area contributed by atoms with Gasteiger partial charge in [-0.1, -0.05) is 30.3 Å². The molecule has 0 spiro atoms. The quantitative estimate of drug-likeness (QED) is 0.408. The van der Waals surface area contributed by atoms with Crippen molar-refractivity contribution >= 4 is 5.69 Å². The molecule has 0 bridgehead atoms. The molecule has 1 aliphatic heterocycles. The van der Waals surface area contributed by atoms with E-state index in [1.807, 2.05) is 54.3 Å². The van der Waals surface area contributed by atoms with Crippen molar-refractivity contribution < 1.29 is 23.7 Å². The molecular weight excluding hydrogens is 447 g/mol. The Morgan fingerprint density at radius 1 is 1.06 bits per heavy atom. The Balaban J connectivity index is 1.50. The molecule has 35 heavy (non-hydrogen) atoms. The average molecular weight is 481 g/mol. The lowest BCUT2D eigenvalue weighted by Gasteiger charge is -2.40. The number of hydrogen-bond acceptors (Lipinski definition) is 6. The predicted molar refractivity (Wildman–Crippen MR) is 134 cm³/mol. The van der Waals surface area contributed by atoms with E-state index in [0.29, 0.717) is 38.7 Å². The fourth-order valence-corrected chi connectivity index (χ4v) is 4.38. The van der Waals surface area contributed by atoms with Gasteiger partial charge in [-0.15, -0.1) is 0 Å². The number of rotatable bonds is 9. The van der Waals surface area contributed by atoms with Crippen molar-refractivity contribution in [3.8, 4) is 11.5 Å². The van der Waals surface area contributed by atoms with Gasteiger partial charge in [0, 0.05) is 17.6 Å². The SMILES string of the molecule is CCOc1ccccc1NC(O)N1CCOc2ccc(COCc3cccc(F)c3)cc2C1(C)C. The Morgan fingerprint density at radius 3 is 2.60 bits per heavy atom. The van der Waals surface area contributed by atoms with E-state index in [1.165, 1.54) is 12.1 Å². The van der Waals surface area contributed by atoms with Crippen LogP contribution in [0.3, 0.4) is 0 Å². The van der Waals surface area contributed by atoms with Crippen LogP contribution in [0.2, 0.25) is 0 Å².